The molecule has 2 aromatic carbocycles. The highest BCUT2D eigenvalue weighted by molar-refractivity contribution is 6.03. The number of anilines is 1. The molecule has 0 unspecified atom stereocenters. The third-order valence-corrected chi connectivity index (χ3v) is 4.40. The molecule has 0 saturated carbocycles. The van der Waals surface area contributed by atoms with Gasteiger partial charge in [0.25, 0.3) is 0 Å². The predicted molar refractivity (Wildman–Crippen MR) is 104 cm³/mol. The van der Waals surface area contributed by atoms with E-state index in [1.54, 1.807) is 18.2 Å². The first-order valence-electron chi connectivity index (χ1n) is 8.67. The highest BCUT2D eigenvalue weighted by Crippen LogP contribution is 2.32. The molecule has 3 aromatic rings. The summed E-state index contributed by atoms with van der Waals surface area (Å²) in [6.45, 7) is 2.22. The van der Waals surface area contributed by atoms with Gasteiger partial charge in [-0.25, -0.2) is 0 Å². The second kappa shape index (κ2) is 6.99. The van der Waals surface area contributed by atoms with E-state index in [1.807, 2.05) is 37.3 Å². The zero-order valence-electron chi connectivity index (χ0n) is 14.7. The minimum atomic E-state index is -0.263. The molecule has 6 nitrogen and oxygen atoms in total. The number of rotatable bonds is 4. The fraction of sp³-hybridized carbons (Fsp3) is 0.143. The Bertz CT molecular complexity index is 1110. The number of aromatic amines is 1. The molecule has 1 aromatic heterocycles. The first-order chi connectivity index (χ1) is 13.1. The van der Waals surface area contributed by atoms with E-state index in [1.165, 1.54) is 6.08 Å². The maximum absolute atomic E-state index is 12.2. The zero-order valence-corrected chi connectivity index (χ0v) is 14.7. The van der Waals surface area contributed by atoms with Crippen LogP contribution in [-0.4, -0.2) is 17.7 Å². The van der Waals surface area contributed by atoms with E-state index in [-0.39, 0.29) is 18.3 Å². The van der Waals surface area contributed by atoms with Gasteiger partial charge in [-0.15, -0.1) is 0 Å². The lowest BCUT2D eigenvalue weighted by atomic mass is 10.1. The van der Waals surface area contributed by atoms with Crippen molar-refractivity contribution in [3.8, 4) is 11.5 Å². The second-order valence-electron chi connectivity index (χ2n) is 6.21. The minimum Gasteiger partial charge on any atom is -0.454 e. The molecule has 6 heteroatoms. The summed E-state index contributed by atoms with van der Waals surface area (Å²) in [5.74, 6) is 1.11. The standard InChI is InChI=1S/C21H18N2O4/c1-2-14-10-21(25)23-17-11-15(5-6-16(14)17)22-20(24)8-4-13-3-7-18-19(9-13)27-12-26-18/h3-11H,2,12H2,1H3,(H,22,24)(H,23,25)/b8-4-. The van der Waals surface area contributed by atoms with Crippen molar-refractivity contribution < 1.29 is 14.3 Å². The Balaban J connectivity index is 1.51. The molecule has 0 aliphatic carbocycles. The van der Waals surface area contributed by atoms with E-state index in [9.17, 15) is 9.59 Å². The number of hydrogen-bond acceptors (Lipinski definition) is 4. The number of aryl methyl sites for hydroxylation is 1. The van der Waals surface area contributed by atoms with Crippen molar-refractivity contribution in [1.29, 1.82) is 0 Å². The van der Waals surface area contributed by atoms with E-state index in [0.717, 1.165) is 22.9 Å². The monoisotopic (exact) mass is 362 g/mol. The van der Waals surface area contributed by atoms with E-state index < -0.39 is 0 Å². The highest BCUT2D eigenvalue weighted by atomic mass is 16.7. The van der Waals surface area contributed by atoms with Crippen LogP contribution >= 0.6 is 0 Å². The maximum atomic E-state index is 12.2. The Kier molecular flexibility index (Phi) is 4.38. The summed E-state index contributed by atoms with van der Waals surface area (Å²) >= 11 is 0. The molecule has 4 rings (SSSR count). The normalized spacial score (nSPS) is 12.6. The van der Waals surface area contributed by atoms with Crippen LogP contribution in [0, 0.1) is 0 Å². The highest BCUT2D eigenvalue weighted by Gasteiger charge is 2.12. The van der Waals surface area contributed by atoms with Gasteiger partial charge in [-0.1, -0.05) is 19.1 Å². The smallest absolute Gasteiger partial charge is 0.248 e. The number of ether oxygens (including phenoxy) is 2. The number of amides is 1. The van der Waals surface area contributed by atoms with Gasteiger partial charge in [0, 0.05) is 23.2 Å². The number of carbonyl (C=O) groups excluding carboxylic acids is 1. The van der Waals surface area contributed by atoms with Gasteiger partial charge in [-0.2, -0.15) is 0 Å². The fourth-order valence-corrected chi connectivity index (χ4v) is 3.08. The number of H-pyrrole nitrogens is 1. The molecule has 1 amide bonds. The van der Waals surface area contributed by atoms with Crippen LogP contribution in [0.2, 0.25) is 0 Å². The Morgan fingerprint density at radius 3 is 2.85 bits per heavy atom. The number of hydrogen-bond donors (Lipinski definition) is 2. The quantitative estimate of drug-likeness (QED) is 0.697. The van der Waals surface area contributed by atoms with Gasteiger partial charge in [0.15, 0.2) is 11.5 Å². The maximum Gasteiger partial charge on any atom is 0.248 e. The van der Waals surface area contributed by atoms with Gasteiger partial charge >= 0.3 is 0 Å². The van der Waals surface area contributed by atoms with Crippen LogP contribution in [0.15, 0.2) is 53.3 Å². The molecule has 0 atom stereocenters. The van der Waals surface area contributed by atoms with E-state index in [0.29, 0.717) is 22.7 Å². The molecule has 0 bridgehead atoms. The van der Waals surface area contributed by atoms with Crippen molar-refractivity contribution in [3.63, 3.8) is 0 Å². The average molecular weight is 362 g/mol. The molecule has 2 N–H and O–H groups in total. The van der Waals surface area contributed by atoms with E-state index in [2.05, 4.69) is 10.3 Å². The zero-order chi connectivity index (χ0) is 18.8. The summed E-state index contributed by atoms with van der Waals surface area (Å²) in [5.41, 5.74) is 2.99. The van der Waals surface area contributed by atoms with Crippen molar-refractivity contribution in [2.24, 2.45) is 0 Å². The van der Waals surface area contributed by atoms with Crippen LogP contribution in [0.3, 0.4) is 0 Å². The van der Waals surface area contributed by atoms with Gasteiger partial charge < -0.3 is 19.8 Å². The van der Waals surface area contributed by atoms with Crippen LogP contribution < -0.4 is 20.3 Å². The van der Waals surface area contributed by atoms with Gasteiger partial charge in [0.2, 0.25) is 18.3 Å². The van der Waals surface area contributed by atoms with E-state index >= 15 is 0 Å². The first kappa shape index (κ1) is 16.9. The molecule has 2 heterocycles. The van der Waals surface area contributed by atoms with Gasteiger partial charge in [0.05, 0.1) is 5.52 Å². The van der Waals surface area contributed by atoms with Gasteiger partial charge in [-0.05, 0) is 47.9 Å². The summed E-state index contributed by atoms with van der Waals surface area (Å²) in [6, 6.07) is 12.6. The summed E-state index contributed by atoms with van der Waals surface area (Å²) in [5, 5.41) is 3.79. The number of pyridine rings is 1. The molecule has 27 heavy (non-hydrogen) atoms. The van der Waals surface area contributed by atoms with Crippen molar-refractivity contribution >= 4 is 28.6 Å². The van der Waals surface area contributed by atoms with Crippen molar-refractivity contribution in [1.82, 2.24) is 4.98 Å². The number of aromatic nitrogens is 1. The van der Waals surface area contributed by atoms with Crippen molar-refractivity contribution in [3.05, 3.63) is 70.0 Å². The lowest BCUT2D eigenvalue weighted by molar-refractivity contribution is -0.111. The van der Waals surface area contributed by atoms with Crippen LogP contribution in [0.25, 0.3) is 17.0 Å². The van der Waals surface area contributed by atoms with Crippen molar-refractivity contribution in [2.45, 2.75) is 13.3 Å². The average Bonchev–Trinajstić information content (AvgIpc) is 3.13. The number of fused-ring (bicyclic) bond motifs is 2. The summed E-state index contributed by atoms with van der Waals surface area (Å²) in [6.07, 6.45) is 3.92. The SMILES string of the molecule is CCc1cc(=O)[nH]c2cc(NC(=O)/C=C\c3ccc4c(c3)OCO4)ccc12. The lowest BCUT2D eigenvalue weighted by Crippen LogP contribution is -2.09. The lowest BCUT2D eigenvalue weighted by Gasteiger charge is -2.07. The molecular weight excluding hydrogens is 344 g/mol. The molecular formula is C21H18N2O4. The van der Waals surface area contributed by atoms with E-state index in [4.69, 9.17) is 9.47 Å². The van der Waals surface area contributed by atoms with Gasteiger partial charge in [-0.3, -0.25) is 9.59 Å². The Morgan fingerprint density at radius 2 is 2.00 bits per heavy atom. The molecule has 0 fully saturated rings. The molecule has 1 aliphatic heterocycles. The summed E-state index contributed by atoms with van der Waals surface area (Å²) < 4.78 is 10.6. The second-order valence-corrected chi connectivity index (χ2v) is 6.21. The Morgan fingerprint density at radius 1 is 1.15 bits per heavy atom. The number of carbonyl (C=O) groups is 1. The molecule has 0 spiro atoms. The number of nitrogens with one attached hydrogen (secondary N) is 2. The third kappa shape index (κ3) is 3.55. The molecule has 1 aliphatic rings. The number of benzene rings is 2. The van der Waals surface area contributed by atoms with Gasteiger partial charge in [0.1, 0.15) is 0 Å². The van der Waals surface area contributed by atoms with Crippen LogP contribution in [0.5, 0.6) is 11.5 Å². The molecule has 136 valence electrons. The van der Waals surface area contributed by atoms with Crippen LogP contribution in [0.1, 0.15) is 18.1 Å². The largest absolute Gasteiger partial charge is 0.454 e. The Hall–Kier alpha value is -3.54. The predicted octanol–water partition coefficient (Wildman–Crippen LogP) is 3.47. The fourth-order valence-electron chi connectivity index (χ4n) is 3.08. The Labute approximate surface area is 155 Å². The molecule has 0 radical (unpaired) electrons. The summed E-state index contributed by atoms with van der Waals surface area (Å²) in [7, 11) is 0. The topological polar surface area (TPSA) is 80.4 Å². The van der Waals surface area contributed by atoms with Crippen LogP contribution in [-0.2, 0) is 11.2 Å². The first-order valence-corrected chi connectivity index (χ1v) is 8.67. The third-order valence-electron chi connectivity index (χ3n) is 4.40. The van der Waals surface area contributed by atoms with Crippen molar-refractivity contribution in [2.75, 3.05) is 12.1 Å². The minimum absolute atomic E-state index is 0.148. The summed E-state index contributed by atoms with van der Waals surface area (Å²) in [4.78, 5) is 26.8. The van der Waals surface area contributed by atoms with Crippen LogP contribution in [0.4, 0.5) is 5.69 Å². The molecule has 0 saturated heterocycles.